The second-order valence-electron chi connectivity index (χ2n) is 4.70. The normalized spacial score (nSPS) is 10.2. The standard InChI is InChI=1S/C16H20N2/c1-12-9-13(2)11-16(10-12)18(4)15-7-5-14(17-3)6-8-15/h5-11,17H,1-4H3. The Balaban J connectivity index is 2.31. The van der Waals surface area contributed by atoms with Gasteiger partial charge >= 0.3 is 0 Å². The highest BCUT2D eigenvalue weighted by Crippen LogP contribution is 2.26. The minimum atomic E-state index is 1.13. The molecule has 0 atom stereocenters. The van der Waals surface area contributed by atoms with Gasteiger partial charge in [0, 0.05) is 31.2 Å². The summed E-state index contributed by atoms with van der Waals surface area (Å²) >= 11 is 0. The molecule has 18 heavy (non-hydrogen) atoms. The van der Waals surface area contributed by atoms with Crippen LogP contribution in [0.3, 0.4) is 0 Å². The van der Waals surface area contributed by atoms with Gasteiger partial charge in [-0.1, -0.05) is 6.07 Å². The van der Waals surface area contributed by atoms with Gasteiger partial charge in [0.05, 0.1) is 0 Å². The van der Waals surface area contributed by atoms with Crippen LogP contribution < -0.4 is 10.2 Å². The highest BCUT2D eigenvalue weighted by molar-refractivity contribution is 5.65. The topological polar surface area (TPSA) is 15.3 Å². The van der Waals surface area contributed by atoms with Crippen molar-refractivity contribution in [2.45, 2.75) is 13.8 Å². The Labute approximate surface area is 109 Å². The van der Waals surface area contributed by atoms with Gasteiger partial charge in [0.1, 0.15) is 0 Å². The Bertz CT molecular complexity index is 509. The van der Waals surface area contributed by atoms with Gasteiger partial charge in [-0.3, -0.25) is 0 Å². The molecule has 0 bridgehead atoms. The number of benzene rings is 2. The molecular weight excluding hydrogens is 220 g/mol. The predicted octanol–water partition coefficient (Wildman–Crippen LogP) is 4.11. The van der Waals surface area contributed by atoms with Crippen LogP contribution in [0.1, 0.15) is 11.1 Å². The van der Waals surface area contributed by atoms with Crippen LogP contribution in [0.15, 0.2) is 42.5 Å². The largest absolute Gasteiger partial charge is 0.388 e. The fourth-order valence-electron chi connectivity index (χ4n) is 2.15. The van der Waals surface area contributed by atoms with Crippen molar-refractivity contribution in [3.63, 3.8) is 0 Å². The minimum absolute atomic E-state index is 1.13. The van der Waals surface area contributed by atoms with Crippen LogP contribution in [0.2, 0.25) is 0 Å². The Morgan fingerprint density at radius 1 is 0.833 bits per heavy atom. The first-order chi connectivity index (χ1) is 8.60. The third-order valence-corrected chi connectivity index (χ3v) is 3.14. The lowest BCUT2D eigenvalue weighted by Crippen LogP contribution is -2.09. The summed E-state index contributed by atoms with van der Waals surface area (Å²) in [5.74, 6) is 0. The van der Waals surface area contributed by atoms with Crippen LogP contribution in [0.5, 0.6) is 0 Å². The van der Waals surface area contributed by atoms with Gasteiger partial charge in [0.15, 0.2) is 0 Å². The van der Waals surface area contributed by atoms with E-state index in [1.165, 1.54) is 22.5 Å². The summed E-state index contributed by atoms with van der Waals surface area (Å²) in [6.07, 6.45) is 0. The van der Waals surface area contributed by atoms with Gasteiger partial charge in [0.25, 0.3) is 0 Å². The number of hydrogen-bond donors (Lipinski definition) is 1. The molecule has 0 saturated heterocycles. The molecule has 0 unspecified atom stereocenters. The molecular formula is C16H20N2. The van der Waals surface area contributed by atoms with E-state index in [9.17, 15) is 0 Å². The molecule has 0 aliphatic carbocycles. The SMILES string of the molecule is CNc1ccc(N(C)c2cc(C)cc(C)c2)cc1. The van der Waals surface area contributed by atoms with E-state index >= 15 is 0 Å². The molecule has 1 N–H and O–H groups in total. The second-order valence-corrected chi connectivity index (χ2v) is 4.70. The van der Waals surface area contributed by atoms with E-state index in [1.54, 1.807) is 0 Å². The summed E-state index contributed by atoms with van der Waals surface area (Å²) < 4.78 is 0. The molecule has 94 valence electrons. The molecule has 0 radical (unpaired) electrons. The minimum Gasteiger partial charge on any atom is -0.388 e. The summed E-state index contributed by atoms with van der Waals surface area (Å²) in [5, 5.41) is 3.13. The van der Waals surface area contributed by atoms with Crippen LogP contribution in [0.4, 0.5) is 17.1 Å². The number of nitrogens with one attached hydrogen (secondary N) is 1. The Morgan fingerprint density at radius 2 is 1.39 bits per heavy atom. The van der Waals surface area contributed by atoms with Gasteiger partial charge in [-0.25, -0.2) is 0 Å². The molecule has 0 heterocycles. The van der Waals surface area contributed by atoms with Gasteiger partial charge in [-0.15, -0.1) is 0 Å². The zero-order chi connectivity index (χ0) is 13.1. The van der Waals surface area contributed by atoms with E-state index in [2.05, 4.69) is 73.6 Å². The van der Waals surface area contributed by atoms with Gasteiger partial charge in [0.2, 0.25) is 0 Å². The number of hydrogen-bond acceptors (Lipinski definition) is 2. The monoisotopic (exact) mass is 240 g/mol. The van der Waals surface area contributed by atoms with Gasteiger partial charge in [-0.2, -0.15) is 0 Å². The highest BCUT2D eigenvalue weighted by atomic mass is 15.1. The molecule has 0 aromatic heterocycles. The zero-order valence-corrected chi connectivity index (χ0v) is 11.5. The maximum Gasteiger partial charge on any atom is 0.0413 e. The third-order valence-electron chi connectivity index (χ3n) is 3.14. The first kappa shape index (κ1) is 12.5. The van der Waals surface area contributed by atoms with E-state index in [1.807, 2.05) is 7.05 Å². The van der Waals surface area contributed by atoms with Crippen molar-refractivity contribution in [2.75, 3.05) is 24.3 Å². The maximum absolute atomic E-state index is 3.13. The second kappa shape index (κ2) is 5.13. The number of anilines is 3. The lowest BCUT2D eigenvalue weighted by atomic mass is 10.1. The lowest BCUT2D eigenvalue weighted by Gasteiger charge is -2.21. The third kappa shape index (κ3) is 2.65. The average Bonchev–Trinajstić information content (AvgIpc) is 2.37. The summed E-state index contributed by atoms with van der Waals surface area (Å²) in [6, 6.07) is 15.1. The number of nitrogens with zero attached hydrogens (tertiary/aromatic N) is 1. The molecule has 2 aromatic carbocycles. The lowest BCUT2D eigenvalue weighted by molar-refractivity contribution is 1.19. The van der Waals surface area contributed by atoms with Crippen LogP contribution in [-0.2, 0) is 0 Å². The average molecular weight is 240 g/mol. The molecule has 2 aromatic rings. The summed E-state index contributed by atoms with van der Waals surface area (Å²) in [5.41, 5.74) is 6.14. The highest BCUT2D eigenvalue weighted by Gasteiger charge is 2.04. The number of rotatable bonds is 3. The Morgan fingerprint density at radius 3 is 1.89 bits per heavy atom. The van der Waals surface area contributed by atoms with Gasteiger partial charge < -0.3 is 10.2 Å². The van der Waals surface area contributed by atoms with Crippen molar-refractivity contribution in [1.29, 1.82) is 0 Å². The fraction of sp³-hybridized carbons (Fsp3) is 0.250. The van der Waals surface area contributed by atoms with Crippen LogP contribution in [-0.4, -0.2) is 14.1 Å². The number of aryl methyl sites for hydroxylation is 2. The Kier molecular flexibility index (Phi) is 3.56. The first-order valence-corrected chi connectivity index (χ1v) is 6.20. The van der Waals surface area contributed by atoms with Crippen molar-refractivity contribution >= 4 is 17.1 Å². The molecule has 0 aliphatic heterocycles. The van der Waals surface area contributed by atoms with Crippen LogP contribution >= 0.6 is 0 Å². The van der Waals surface area contributed by atoms with E-state index in [0.29, 0.717) is 0 Å². The van der Waals surface area contributed by atoms with E-state index < -0.39 is 0 Å². The summed E-state index contributed by atoms with van der Waals surface area (Å²) in [6.45, 7) is 4.27. The summed E-state index contributed by atoms with van der Waals surface area (Å²) in [7, 11) is 4.03. The van der Waals surface area contributed by atoms with E-state index in [0.717, 1.165) is 5.69 Å². The van der Waals surface area contributed by atoms with Crippen LogP contribution in [0.25, 0.3) is 0 Å². The van der Waals surface area contributed by atoms with Crippen molar-refractivity contribution < 1.29 is 0 Å². The Hall–Kier alpha value is -1.96. The smallest absolute Gasteiger partial charge is 0.0413 e. The summed E-state index contributed by atoms with van der Waals surface area (Å²) in [4.78, 5) is 2.21. The van der Waals surface area contributed by atoms with E-state index in [-0.39, 0.29) is 0 Å². The maximum atomic E-state index is 3.13. The van der Waals surface area contributed by atoms with E-state index in [4.69, 9.17) is 0 Å². The molecule has 0 saturated carbocycles. The van der Waals surface area contributed by atoms with Crippen molar-refractivity contribution in [3.8, 4) is 0 Å². The molecule has 2 rings (SSSR count). The zero-order valence-electron chi connectivity index (χ0n) is 11.5. The van der Waals surface area contributed by atoms with Crippen LogP contribution in [0, 0.1) is 13.8 Å². The molecule has 0 amide bonds. The van der Waals surface area contributed by atoms with Crippen molar-refractivity contribution in [1.82, 2.24) is 0 Å². The molecule has 0 fully saturated rings. The fourth-order valence-corrected chi connectivity index (χ4v) is 2.15. The van der Waals surface area contributed by atoms with Crippen molar-refractivity contribution in [2.24, 2.45) is 0 Å². The van der Waals surface area contributed by atoms with Crippen molar-refractivity contribution in [3.05, 3.63) is 53.6 Å². The first-order valence-electron chi connectivity index (χ1n) is 6.20. The molecule has 2 heteroatoms. The predicted molar refractivity (Wildman–Crippen MR) is 80.0 cm³/mol. The molecule has 0 spiro atoms. The quantitative estimate of drug-likeness (QED) is 0.868. The van der Waals surface area contributed by atoms with Gasteiger partial charge in [-0.05, 0) is 61.4 Å². The molecule has 2 nitrogen and oxygen atoms in total. The molecule has 0 aliphatic rings.